The number of hydrogen-bond donors (Lipinski definition) is 0. The first kappa shape index (κ1) is 16.8. The SMILES string of the molecule is COc1cc(N(C2CC2)C2CCN(C(=O)c3ccccc3)CC2)ncn1. The molecule has 1 saturated carbocycles. The van der Waals surface area contributed by atoms with Gasteiger partial charge in [-0.25, -0.2) is 9.97 Å². The van der Waals surface area contributed by atoms with E-state index < -0.39 is 0 Å². The third-order valence-electron chi connectivity index (χ3n) is 5.21. The van der Waals surface area contributed by atoms with Crippen LogP contribution in [0.5, 0.6) is 5.88 Å². The highest BCUT2D eigenvalue weighted by molar-refractivity contribution is 5.94. The van der Waals surface area contributed by atoms with E-state index >= 15 is 0 Å². The second-order valence-corrected chi connectivity index (χ2v) is 6.95. The number of likely N-dealkylation sites (tertiary alicyclic amines) is 1. The van der Waals surface area contributed by atoms with E-state index in [1.165, 1.54) is 12.8 Å². The van der Waals surface area contributed by atoms with Gasteiger partial charge in [0.1, 0.15) is 12.1 Å². The molecule has 0 unspecified atom stereocenters. The van der Waals surface area contributed by atoms with Crippen LogP contribution in [-0.2, 0) is 0 Å². The monoisotopic (exact) mass is 352 g/mol. The van der Waals surface area contributed by atoms with Gasteiger partial charge in [-0.2, -0.15) is 0 Å². The molecule has 136 valence electrons. The molecule has 0 atom stereocenters. The molecule has 4 rings (SSSR count). The number of ether oxygens (including phenoxy) is 1. The van der Waals surface area contributed by atoms with Crippen LogP contribution >= 0.6 is 0 Å². The van der Waals surface area contributed by atoms with E-state index in [2.05, 4.69) is 14.9 Å². The molecule has 0 bridgehead atoms. The summed E-state index contributed by atoms with van der Waals surface area (Å²) in [5, 5.41) is 0. The molecular formula is C20H24N4O2. The van der Waals surface area contributed by atoms with Crippen molar-refractivity contribution in [2.75, 3.05) is 25.1 Å². The molecule has 2 aliphatic rings. The molecule has 2 aromatic rings. The van der Waals surface area contributed by atoms with Crippen LogP contribution in [0, 0.1) is 0 Å². The van der Waals surface area contributed by atoms with Gasteiger partial charge in [0.25, 0.3) is 5.91 Å². The molecular weight excluding hydrogens is 328 g/mol. The molecule has 6 heteroatoms. The average molecular weight is 352 g/mol. The molecule has 2 fully saturated rings. The molecule has 0 spiro atoms. The van der Waals surface area contributed by atoms with Gasteiger partial charge in [0.2, 0.25) is 5.88 Å². The summed E-state index contributed by atoms with van der Waals surface area (Å²) in [4.78, 5) is 25.6. The lowest BCUT2D eigenvalue weighted by molar-refractivity contribution is 0.0712. The first-order chi connectivity index (χ1) is 12.8. The molecule has 1 saturated heterocycles. The molecule has 1 aliphatic carbocycles. The van der Waals surface area contributed by atoms with Gasteiger partial charge in [0.05, 0.1) is 7.11 Å². The van der Waals surface area contributed by atoms with Gasteiger partial charge in [-0.05, 0) is 37.8 Å². The van der Waals surface area contributed by atoms with E-state index in [4.69, 9.17) is 4.74 Å². The van der Waals surface area contributed by atoms with Crippen LogP contribution in [0.4, 0.5) is 5.82 Å². The molecule has 1 aromatic heterocycles. The van der Waals surface area contributed by atoms with Crippen molar-refractivity contribution in [1.29, 1.82) is 0 Å². The first-order valence-corrected chi connectivity index (χ1v) is 9.25. The summed E-state index contributed by atoms with van der Waals surface area (Å²) in [6, 6.07) is 12.4. The van der Waals surface area contributed by atoms with Crippen LogP contribution < -0.4 is 9.64 Å². The second kappa shape index (κ2) is 7.32. The van der Waals surface area contributed by atoms with Crippen LogP contribution in [0.1, 0.15) is 36.0 Å². The third-order valence-corrected chi connectivity index (χ3v) is 5.21. The zero-order valence-corrected chi connectivity index (χ0v) is 15.0. The topological polar surface area (TPSA) is 58.6 Å². The van der Waals surface area contributed by atoms with Gasteiger partial charge in [0, 0.05) is 36.8 Å². The van der Waals surface area contributed by atoms with Crippen LogP contribution in [0.3, 0.4) is 0 Å². The summed E-state index contributed by atoms with van der Waals surface area (Å²) in [6.07, 6.45) is 5.89. The van der Waals surface area contributed by atoms with Crippen molar-refractivity contribution < 1.29 is 9.53 Å². The Balaban J connectivity index is 1.45. The molecule has 0 radical (unpaired) electrons. The minimum Gasteiger partial charge on any atom is -0.481 e. The highest BCUT2D eigenvalue weighted by Gasteiger charge is 2.37. The van der Waals surface area contributed by atoms with Gasteiger partial charge < -0.3 is 14.5 Å². The smallest absolute Gasteiger partial charge is 0.253 e. The highest BCUT2D eigenvalue weighted by Crippen LogP contribution is 2.36. The number of carbonyl (C=O) groups is 1. The number of hydrogen-bond acceptors (Lipinski definition) is 5. The van der Waals surface area contributed by atoms with Gasteiger partial charge in [-0.15, -0.1) is 0 Å². The number of amides is 1. The fourth-order valence-corrected chi connectivity index (χ4v) is 3.72. The number of rotatable bonds is 5. The maximum Gasteiger partial charge on any atom is 0.253 e. The van der Waals surface area contributed by atoms with Crippen LogP contribution in [0.2, 0.25) is 0 Å². The summed E-state index contributed by atoms with van der Waals surface area (Å²) < 4.78 is 5.26. The fourth-order valence-electron chi connectivity index (χ4n) is 3.72. The highest BCUT2D eigenvalue weighted by atomic mass is 16.5. The van der Waals surface area contributed by atoms with Gasteiger partial charge in [-0.1, -0.05) is 18.2 Å². The van der Waals surface area contributed by atoms with E-state index in [0.717, 1.165) is 37.3 Å². The lowest BCUT2D eigenvalue weighted by Gasteiger charge is -2.39. The number of methoxy groups -OCH3 is 1. The molecule has 2 heterocycles. The minimum absolute atomic E-state index is 0.130. The van der Waals surface area contributed by atoms with Gasteiger partial charge in [0.15, 0.2) is 0 Å². The Kier molecular flexibility index (Phi) is 4.73. The lowest BCUT2D eigenvalue weighted by Crippen LogP contribution is -2.48. The summed E-state index contributed by atoms with van der Waals surface area (Å²) in [5.74, 6) is 1.66. The van der Waals surface area contributed by atoms with Crippen molar-refractivity contribution in [1.82, 2.24) is 14.9 Å². The molecule has 0 N–H and O–H groups in total. The van der Waals surface area contributed by atoms with E-state index in [0.29, 0.717) is 18.0 Å². The van der Waals surface area contributed by atoms with Crippen molar-refractivity contribution in [3.8, 4) is 5.88 Å². The summed E-state index contributed by atoms with van der Waals surface area (Å²) in [6.45, 7) is 1.56. The quantitative estimate of drug-likeness (QED) is 0.828. The Labute approximate surface area is 153 Å². The minimum atomic E-state index is 0.130. The van der Waals surface area contributed by atoms with E-state index in [1.54, 1.807) is 13.4 Å². The van der Waals surface area contributed by atoms with Crippen molar-refractivity contribution in [3.05, 3.63) is 48.3 Å². The Bertz CT molecular complexity index is 755. The van der Waals surface area contributed by atoms with Gasteiger partial charge in [-0.3, -0.25) is 4.79 Å². The third kappa shape index (κ3) is 3.49. The van der Waals surface area contributed by atoms with E-state index in [-0.39, 0.29) is 5.91 Å². The van der Waals surface area contributed by atoms with E-state index in [1.807, 2.05) is 41.3 Å². The number of piperidine rings is 1. The fraction of sp³-hybridized carbons (Fsp3) is 0.450. The number of nitrogens with zero attached hydrogens (tertiary/aromatic N) is 4. The molecule has 6 nitrogen and oxygen atoms in total. The number of anilines is 1. The zero-order chi connectivity index (χ0) is 17.9. The van der Waals surface area contributed by atoms with Gasteiger partial charge >= 0.3 is 0 Å². The summed E-state index contributed by atoms with van der Waals surface area (Å²) in [7, 11) is 1.63. The number of benzene rings is 1. The molecule has 1 amide bonds. The Morgan fingerprint density at radius 3 is 2.42 bits per heavy atom. The van der Waals surface area contributed by atoms with Crippen LogP contribution in [-0.4, -0.2) is 53.1 Å². The molecule has 1 aliphatic heterocycles. The largest absolute Gasteiger partial charge is 0.481 e. The summed E-state index contributed by atoms with van der Waals surface area (Å²) in [5.41, 5.74) is 0.769. The predicted octanol–water partition coefficient (Wildman–Crippen LogP) is 2.76. The first-order valence-electron chi connectivity index (χ1n) is 9.25. The molecule has 1 aromatic carbocycles. The Hall–Kier alpha value is -2.63. The summed E-state index contributed by atoms with van der Waals surface area (Å²) >= 11 is 0. The maximum atomic E-state index is 12.7. The van der Waals surface area contributed by atoms with Crippen LogP contribution in [0.15, 0.2) is 42.7 Å². The predicted molar refractivity (Wildman–Crippen MR) is 99.5 cm³/mol. The number of carbonyl (C=O) groups excluding carboxylic acids is 1. The van der Waals surface area contributed by atoms with Crippen molar-refractivity contribution in [2.45, 2.75) is 37.8 Å². The molecule has 26 heavy (non-hydrogen) atoms. The van der Waals surface area contributed by atoms with Crippen LogP contribution in [0.25, 0.3) is 0 Å². The normalized spacial score (nSPS) is 17.8. The van der Waals surface area contributed by atoms with Crippen molar-refractivity contribution in [3.63, 3.8) is 0 Å². The standard InChI is InChI=1S/C20H24N4O2/c1-26-19-13-18(21-14-22-19)24(16-7-8-16)17-9-11-23(12-10-17)20(25)15-5-3-2-4-6-15/h2-6,13-14,16-17H,7-12H2,1H3. The Morgan fingerprint density at radius 2 is 1.77 bits per heavy atom. The Morgan fingerprint density at radius 1 is 1.08 bits per heavy atom. The average Bonchev–Trinajstić information content (AvgIpc) is 3.54. The van der Waals surface area contributed by atoms with Crippen molar-refractivity contribution >= 4 is 11.7 Å². The lowest BCUT2D eigenvalue weighted by atomic mass is 10.0. The van der Waals surface area contributed by atoms with E-state index in [9.17, 15) is 4.79 Å². The van der Waals surface area contributed by atoms with Crippen molar-refractivity contribution in [2.24, 2.45) is 0 Å². The maximum absolute atomic E-state index is 12.7. The number of aromatic nitrogens is 2. The second-order valence-electron chi connectivity index (χ2n) is 6.95. The zero-order valence-electron chi connectivity index (χ0n) is 15.0.